The van der Waals surface area contributed by atoms with Gasteiger partial charge in [-0.15, -0.1) is 0 Å². The van der Waals surface area contributed by atoms with Gasteiger partial charge in [-0.1, -0.05) is 155 Å². The molecule has 0 N–H and O–H groups in total. The van der Waals surface area contributed by atoms with Gasteiger partial charge in [-0.25, -0.2) is 0 Å². The Hall–Kier alpha value is -5.40. The Morgan fingerprint density at radius 1 is 0.640 bits per heavy atom. The highest BCUT2D eigenvalue weighted by molar-refractivity contribution is 6.10. The molecule has 0 bridgehead atoms. The van der Waals surface area contributed by atoms with Crippen molar-refractivity contribution in [2.24, 2.45) is 0 Å². The van der Waals surface area contributed by atoms with E-state index in [0.717, 1.165) is 19.3 Å². The summed E-state index contributed by atoms with van der Waals surface area (Å²) in [5.41, 5.74) is 16.8. The minimum Gasteiger partial charge on any atom is -0.309 e. The summed E-state index contributed by atoms with van der Waals surface area (Å²) in [7, 11) is 0. The lowest BCUT2D eigenvalue weighted by Gasteiger charge is -2.33. The highest BCUT2D eigenvalue weighted by Crippen LogP contribution is 2.41. The van der Waals surface area contributed by atoms with E-state index < -0.39 is 0 Å². The molecule has 6 aromatic carbocycles. The molecule has 1 heteroatoms. The average Bonchev–Trinajstić information content (AvgIpc) is 3.48. The molecule has 1 aromatic heterocycles. The summed E-state index contributed by atoms with van der Waals surface area (Å²) in [5.74, 6) is 0. The summed E-state index contributed by atoms with van der Waals surface area (Å²) in [6, 6.07) is 51.0. The SMILES string of the molecule is C=C(CCC1=Cc2cc(C)ccc2C(C)(C)C1)c1cccc(-c2ccc(-c3ccc4c(c3)c3ccccc3n4-c3ccccc3)cc2)c1.CC. The van der Waals surface area contributed by atoms with Crippen LogP contribution in [-0.2, 0) is 5.41 Å². The molecule has 1 heterocycles. The normalized spacial score (nSPS) is 13.3. The van der Waals surface area contributed by atoms with E-state index in [4.69, 9.17) is 0 Å². The maximum Gasteiger partial charge on any atom is 0.0541 e. The van der Waals surface area contributed by atoms with Crippen molar-refractivity contribution >= 4 is 33.5 Å². The van der Waals surface area contributed by atoms with Crippen molar-refractivity contribution in [3.8, 4) is 27.9 Å². The maximum atomic E-state index is 4.53. The van der Waals surface area contributed by atoms with Gasteiger partial charge in [0.1, 0.15) is 0 Å². The Morgan fingerprint density at radius 3 is 2.06 bits per heavy atom. The summed E-state index contributed by atoms with van der Waals surface area (Å²) in [6.07, 6.45) is 5.54. The zero-order chi connectivity index (χ0) is 34.8. The summed E-state index contributed by atoms with van der Waals surface area (Å²) in [4.78, 5) is 0. The van der Waals surface area contributed by atoms with E-state index in [9.17, 15) is 0 Å². The first-order valence-corrected chi connectivity index (χ1v) is 18.1. The first kappa shape index (κ1) is 33.1. The molecule has 0 aliphatic heterocycles. The minimum absolute atomic E-state index is 0.160. The van der Waals surface area contributed by atoms with Crippen molar-refractivity contribution in [3.05, 3.63) is 174 Å². The third-order valence-electron chi connectivity index (χ3n) is 10.2. The fraction of sp³-hybridized carbons (Fsp3) is 0.184. The molecule has 1 aliphatic carbocycles. The number of para-hydroxylation sites is 2. The van der Waals surface area contributed by atoms with Crippen LogP contribution in [0.25, 0.3) is 61.4 Å². The molecule has 8 rings (SSSR count). The molecular formula is C49H47N. The fourth-order valence-electron chi connectivity index (χ4n) is 7.75. The summed E-state index contributed by atoms with van der Waals surface area (Å²) in [5, 5.41) is 2.55. The third kappa shape index (κ3) is 6.37. The molecule has 0 amide bonds. The van der Waals surface area contributed by atoms with Crippen LogP contribution in [0.3, 0.4) is 0 Å². The standard InChI is InChI=1S/C47H41N.C2H6/c1-32-17-25-44-40(27-32)28-34(31-47(44,3)4)19-18-33(2)37-11-10-12-38(29-37)35-20-22-36(23-21-35)39-24-26-46-43(30-39)42-15-8-9-16-45(42)48(46)41-13-6-5-7-14-41;1-2/h5-17,20-30H,2,18-19,31H2,1,3-4H3;1-2H3. The number of rotatable bonds is 7. The van der Waals surface area contributed by atoms with Crippen LogP contribution in [0.2, 0.25) is 0 Å². The van der Waals surface area contributed by atoms with E-state index in [0.29, 0.717) is 0 Å². The van der Waals surface area contributed by atoms with Gasteiger partial charge in [0.2, 0.25) is 0 Å². The number of allylic oxidation sites excluding steroid dienone is 2. The van der Waals surface area contributed by atoms with Crippen LogP contribution in [0.15, 0.2) is 152 Å². The molecule has 0 spiro atoms. The van der Waals surface area contributed by atoms with E-state index in [2.05, 4.69) is 178 Å². The van der Waals surface area contributed by atoms with E-state index >= 15 is 0 Å². The van der Waals surface area contributed by atoms with Crippen LogP contribution < -0.4 is 0 Å². The van der Waals surface area contributed by atoms with Gasteiger partial charge < -0.3 is 4.57 Å². The predicted octanol–water partition coefficient (Wildman–Crippen LogP) is 14.0. The quantitative estimate of drug-likeness (QED) is 0.162. The molecule has 0 unspecified atom stereocenters. The second-order valence-corrected chi connectivity index (χ2v) is 14.1. The van der Waals surface area contributed by atoms with Gasteiger partial charge in [-0.3, -0.25) is 0 Å². The molecule has 1 nitrogen and oxygen atoms in total. The molecule has 50 heavy (non-hydrogen) atoms. The zero-order valence-corrected chi connectivity index (χ0v) is 30.1. The Balaban J connectivity index is 0.00000193. The maximum absolute atomic E-state index is 4.53. The van der Waals surface area contributed by atoms with E-state index in [1.54, 1.807) is 0 Å². The van der Waals surface area contributed by atoms with Crippen LogP contribution in [0.4, 0.5) is 0 Å². The molecule has 1 aliphatic rings. The largest absolute Gasteiger partial charge is 0.309 e. The smallest absolute Gasteiger partial charge is 0.0541 e. The zero-order valence-electron chi connectivity index (χ0n) is 30.1. The molecule has 0 saturated carbocycles. The number of benzene rings is 6. The number of fused-ring (bicyclic) bond motifs is 4. The minimum atomic E-state index is 0.160. The van der Waals surface area contributed by atoms with Crippen molar-refractivity contribution in [3.63, 3.8) is 0 Å². The summed E-state index contributed by atoms with van der Waals surface area (Å²) >= 11 is 0. The molecule has 0 atom stereocenters. The van der Waals surface area contributed by atoms with E-state index in [1.807, 2.05) is 13.8 Å². The predicted molar refractivity (Wildman–Crippen MR) is 218 cm³/mol. The van der Waals surface area contributed by atoms with Crippen LogP contribution in [0.5, 0.6) is 0 Å². The van der Waals surface area contributed by atoms with Crippen molar-refractivity contribution in [2.45, 2.75) is 59.3 Å². The first-order valence-electron chi connectivity index (χ1n) is 18.1. The van der Waals surface area contributed by atoms with Crippen LogP contribution >= 0.6 is 0 Å². The van der Waals surface area contributed by atoms with Gasteiger partial charge >= 0.3 is 0 Å². The number of aromatic nitrogens is 1. The summed E-state index contributed by atoms with van der Waals surface area (Å²) < 4.78 is 2.37. The molecule has 248 valence electrons. The number of hydrogen-bond donors (Lipinski definition) is 0. The highest BCUT2D eigenvalue weighted by atomic mass is 15.0. The lowest BCUT2D eigenvalue weighted by atomic mass is 9.72. The van der Waals surface area contributed by atoms with Crippen molar-refractivity contribution in [2.75, 3.05) is 0 Å². The second-order valence-electron chi connectivity index (χ2n) is 14.1. The lowest BCUT2D eigenvalue weighted by Crippen LogP contribution is -2.22. The van der Waals surface area contributed by atoms with Gasteiger partial charge in [-0.2, -0.15) is 0 Å². The fourth-order valence-corrected chi connectivity index (χ4v) is 7.75. The molecular weight excluding hydrogens is 603 g/mol. The Morgan fingerprint density at radius 2 is 1.30 bits per heavy atom. The van der Waals surface area contributed by atoms with Crippen LogP contribution in [-0.4, -0.2) is 4.57 Å². The monoisotopic (exact) mass is 649 g/mol. The van der Waals surface area contributed by atoms with E-state index in [-0.39, 0.29) is 5.41 Å². The van der Waals surface area contributed by atoms with Crippen LogP contribution in [0, 0.1) is 6.92 Å². The first-order chi connectivity index (χ1) is 24.3. The van der Waals surface area contributed by atoms with Gasteiger partial charge in [0.05, 0.1) is 11.0 Å². The Bertz CT molecular complexity index is 2350. The number of aryl methyl sites for hydroxylation is 1. The molecule has 0 radical (unpaired) electrons. The van der Waals surface area contributed by atoms with Crippen molar-refractivity contribution in [1.29, 1.82) is 0 Å². The highest BCUT2D eigenvalue weighted by Gasteiger charge is 2.28. The lowest BCUT2D eigenvalue weighted by molar-refractivity contribution is 0.505. The topological polar surface area (TPSA) is 4.93 Å². The van der Waals surface area contributed by atoms with Gasteiger partial charge in [0.15, 0.2) is 0 Å². The Kier molecular flexibility index (Phi) is 9.17. The van der Waals surface area contributed by atoms with Crippen molar-refractivity contribution < 1.29 is 0 Å². The van der Waals surface area contributed by atoms with E-state index in [1.165, 1.54) is 83.1 Å². The average molecular weight is 650 g/mol. The van der Waals surface area contributed by atoms with Gasteiger partial charge in [0, 0.05) is 16.5 Å². The summed E-state index contributed by atoms with van der Waals surface area (Å²) in [6.45, 7) is 15.5. The van der Waals surface area contributed by atoms with Gasteiger partial charge in [0.25, 0.3) is 0 Å². The molecule has 0 saturated heterocycles. The van der Waals surface area contributed by atoms with Gasteiger partial charge in [-0.05, 0) is 113 Å². The molecule has 7 aromatic rings. The van der Waals surface area contributed by atoms with Crippen LogP contribution in [0.1, 0.15) is 69.2 Å². The number of hydrogen-bond acceptors (Lipinski definition) is 0. The molecule has 0 fully saturated rings. The Labute approximate surface area is 298 Å². The van der Waals surface area contributed by atoms with Crippen molar-refractivity contribution in [1.82, 2.24) is 4.57 Å². The third-order valence-corrected chi connectivity index (χ3v) is 10.2. The number of nitrogens with zero attached hydrogens (tertiary/aromatic N) is 1. The second kappa shape index (κ2) is 13.8.